The van der Waals surface area contributed by atoms with Crippen LogP contribution in [0.1, 0.15) is 51.7 Å². The highest BCUT2D eigenvalue weighted by atomic mass is 32.2. The second kappa shape index (κ2) is 9.82. The van der Waals surface area contributed by atoms with Gasteiger partial charge in [0.1, 0.15) is 17.1 Å². The van der Waals surface area contributed by atoms with Crippen molar-refractivity contribution in [2.24, 2.45) is 0 Å². The predicted octanol–water partition coefficient (Wildman–Crippen LogP) is 3.90. The molecule has 1 aromatic carbocycles. The number of aromatic nitrogens is 3. The SMILES string of the molecule is CCOC(=O)c1c(NC(=O)CSc2nnc(C)n2-c2ccc(C)cc2)oc(C)c1C(C)=O. The molecule has 0 bridgehead atoms. The lowest BCUT2D eigenvalue weighted by Crippen LogP contribution is -2.18. The Morgan fingerprint density at radius 3 is 2.41 bits per heavy atom. The minimum absolute atomic E-state index is 0.0125. The second-order valence-electron chi connectivity index (χ2n) is 7.05. The van der Waals surface area contributed by atoms with Crippen molar-refractivity contribution < 1.29 is 23.5 Å². The number of nitrogens with one attached hydrogen (secondary N) is 1. The van der Waals surface area contributed by atoms with E-state index in [0.717, 1.165) is 11.3 Å². The van der Waals surface area contributed by atoms with Gasteiger partial charge in [-0.05, 0) is 46.8 Å². The third-order valence-electron chi connectivity index (χ3n) is 4.59. The molecule has 0 aliphatic heterocycles. The van der Waals surface area contributed by atoms with Crippen molar-refractivity contribution in [3.8, 4) is 5.69 Å². The lowest BCUT2D eigenvalue weighted by atomic mass is 10.1. The molecule has 0 saturated carbocycles. The van der Waals surface area contributed by atoms with Gasteiger partial charge >= 0.3 is 5.97 Å². The molecule has 0 aliphatic carbocycles. The molecule has 2 aromatic heterocycles. The second-order valence-corrected chi connectivity index (χ2v) is 7.99. The summed E-state index contributed by atoms with van der Waals surface area (Å²) in [5.74, 6) is -0.708. The summed E-state index contributed by atoms with van der Waals surface area (Å²) in [7, 11) is 0. The largest absolute Gasteiger partial charge is 0.462 e. The van der Waals surface area contributed by atoms with Gasteiger partial charge in [0, 0.05) is 5.69 Å². The van der Waals surface area contributed by atoms with Gasteiger partial charge in [0.05, 0.1) is 17.9 Å². The fourth-order valence-electron chi connectivity index (χ4n) is 3.18. The average molecular weight is 457 g/mol. The van der Waals surface area contributed by atoms with Crippen LogP contribution < -0.4 is 5.32 Å². The number of furan rings is 1. The Hall–Kier alpha value is -3.40. The summed E-state index contributed by atoms with van der Waals surface area (Å²) in [6.07, 6.45) is 0. The van der Waals surface area contributed by atoms with E-state index in [2.05, 4.69) is 15.5 Å². The van der Waals surface area contributed by atoms with Gasteiger partial charge in [-0.3, -0.25) is 19.5 Å². The number of amides is 1. The Morgan fingerprint density at radius 2 is 1.78 bits per heavy atom. The van der Waals surface area contributed by atoms with Gasteiger partial charge < -0.3 is 9.15 Å². The molecule has 0 spiro atoms. The average Bonchev–Trinajstić information content (AvgIpc) is 3.26. The van der Waals surface area contributed by atoms with Crippen LogP contribution in [0.2, 0.25) is 0 Å². The number of hydrogen-bond acceptors (Lipinski definition) is 8. The van der Waals surface area contributed by atoms with Crippen LogP contribution >= 0.6 is 11.8 Å². The molecule has 3 rings (SSSR count). The fourth-order valence-corrected chi connectivity index (χ4v) is 3.97. The summed E-state index contributed by atoms with van der Waals surface area (Å²) < 4.78 is 12.4. The highest BCUT2D eigenvalue weighted by Gasteiger charge is 2.28. The van der Waals surface area contributed by atoms with E-state index >= 15 is 0 Å². The number of aryl methyl sites for hydroxylation is 3. The molecule has 168 valence electrons. The zero-order chi connectivity index (χ0) is 23.4. The van der Waals surface area contributed by atoms with Crippen molar-refractivity contribution in [3.63, 3.8) is 0 Å². The topological polar surface area (TPSA) is 116 Å². The van der Waals surface area contributed by atoms with E-state index in [-0.39, 0.29) is 40.9 Å². The van der Waals surface area contributed by atoms with Crippen molar-refractivity contribution in [2.75, 3.05) is 17.7 Å². The standard InChI is InChI=1S/C22H24N4O5S/c1-6-30-21(29)19-18(13(3)27)14(4)31-20(19)23-17(28)11-32-22-25-24-15(5)26(22)16-9-7-12(2)8-10-16/h7-10H,6,11H2,1-5H3,(H,23,28). The normalized spacial score (nSPS) is 10.8. The Morgan fingerprint density at radius 1 is 1.09 bits per heavy atom. The van der Waals surface area contributed by atoms with Crippen molar-refractivity contribution >= 4 is 35.3 Å². The zero-order valence-corrected chi connectivity index (χ0v) is 19.3. The molecule has 0 unspecified atom stereocenters. The summed E-state index contributed by atoms with van der Waals surface area (Å²) in [5.41, 5.74) is 2.04. The van der Waals surface area contributed by atoms with E-state index in [1.54, 1.807) is 13.8 Å². The zero-order valence-electron chi connectivity index (χ0n) is 18.5. The molecular formula is C22H24N4O5S. The first-order valence-electron chi connectivity index (χ1n) is 9.96. The lowest BCUT2D eigenvalue weighted by Gasteiger charge is -2.09. The molecular weight excluding hydrogens is 432 g/mol. The summed E-state index contributed by atoms with van der Waals surface area (Å²) in [5, 5.41) is 11.4. The maximum atomic E-state index is 12.6. The van der Waals surface area contributed by atoms with E-state index in [9.17, 15) is 14.4 Å². The lowest BCUT2D eigenvalue weighted by molar-refractivity contribution is -0.113. The molecule has 10 heteroatoms. The van der Waals surface area contributed by atoms with E-state index in [1.807, 2.05) is 42.7 Å². The van der Waals surface area contributed by atoms with Crippen LogP contribution in [-0.2, 0) is 9.53 Å². The summed E-state index contributed by atoms with van der Waals surface area (Å²) in [4.78, 5) is 37.0. The number of ether oxygens (including phenoxy) is 1. The van der Waals surface area contributed by atoms with Crippen LogP contribution in [0.5, 0.6) is 0 Å². The Kier molecular flexibility index (Phi) is 7.14. The van der Waals surface area contributed by atoms with E-state index in [4.69, 9.17) is 9.15 Å². The Labute approximate surface area is 189 Å². The number of carbonyl (C=O) groups is 3. The number of thioether (sulfide) groups is 1. The van der Waals surface area contributed by atoms with Crippen molar-refractivity contribution in [1.29, 1.82) is 0 Å². The first-order valence-corrected chi connectivity index (χ1v) is 10.9. The number of rotatable bonds is 8. The highest BCUT2D eigenvalue weighted by Crippen LogP contribution is 2.29. The first-order chi connectivity index (χ1) is 15.2. The Bertz CT molecular complexity index is 1160. The Balaban J connectivity index is 1.78. The van der Waals surface area contributed by atoms with Crippen LogP contribution in [0, 0.1) is 20.8 Å². The monoisotopic (exact) mass is 456 g/mol. The molecule has 1 amide bonds. The summed E-state index contributed by atoms with van der Waals surface area (Å²) in [6.45, 7) is 8.48. The number of nitrogens with zero attached hydrogens (tertiary/aromatic N) is 3. The van der Waals surface area contributed by atoms with E-state index in [0.29, 0.717) is 11.0 Å². The number of hydrogen-bond donors (Lipinski definition) is 1. The van der Waals surface area contributed by atoms with Crippen LogP contribution in [0.4, 0.5) is 5.88 Å². The molecule has 0 aliphatic rings. The van der Waals surface area contributed by atoms with Gasteiger partial charge in [-0.15, -0.1) is 10.2 Å². The third-order valence-corrected chi connectivity index (χ3v) is 5.52. The smallest absolute Gasteiger partial charge is 0.344 e. The van der Waals surface area contributed by atoms with Crippen LogP contribution in [0.25, 0.3) is 5.69 Å². The number of anilines is 1. The van der Waals surface area contributed by atoms with E-state index in [1.165, 1.54) is 18.7 Å². The maximum Gasteiger partial charge on any atom is 0.344 e. The maximum absolute atomic E-state index is 12.6. The first kappa shape index (κ1) is 23.3. The van der Waals surface area contributed by atoms with Gasteiger partial charge in [0.25, 0.3) is 0 Å². The highest BCUT2D eigenvalue weighted by molar-refractivity contribution is 7.99. The number of ketones is 1. The van der Waals surface area contributed by atoms with Gasteiger partial charge in [0.15, 0.2) is 10.9 Å². The molecule has 0 radical (unpaired) electrons. The number of carbonyl (C=O) groups excluding carboxylic acids is 3. The molecule has 1 N–H and O–H groups in total. The number of benzene rings is 1. The molecule has 32 heavy (non-hydrogen) atoms. The van der Waals surface area contributed by atoms with Crippen LogP contribution in [-0.4, -0.2) is 44.8 Å². The van der Waals surface area contributed by atoms with E-state index < -0.39 is 11.9 Å². The predicted molar refractivity (Wildman–Crippen MR) is 120 cm³/mol. The molecule has 3 aromatic rings. The van der Waals surface area contributed by atoms with Gasteiger partial charge in [-0.2, -0.15) is 0 Å². The minimum atomic E-state index is -0.729. The van der Waals surface area contributed by atoms with Gasteiger partial charge in [0.2, 0.25) is 11.8 Å². The molecule has 2 heterocycles. The van der Waals surface area contributed by atoms with Crippen LogP contribution in [0.3, 0.4) is 0 Å². The molecule has 0 fully saturated rings. The third kappa shape index (κ3) is 4.91. The van der Waals surface area contributed by atoms with Crippen LogP contribution in [0.15, 0.2) is 33.8 Å². The summed E-state index contributed by atoms with van der Waals surface area (Å²) >= 11 is 1.19. The molecule has 0 saturated heterocycles. The summed E-state index contributed by atoms with van der Waals surface area (Å²) in [6, 6.07) is 7.88. The van der Waals surface area contributed by atoms with Crippen molar-refractivity contribution in [1.82, 2.24) is 14.8 Å². The molecule has 9 nitrogen and oxygen atoms in total. The quantitative estimate of drug-likeness (QED) is 0.308. The van der Waals surface area contributed by atoms with Crippen molar-refractivity contribution in [2.45, 2.75) is 39.8 Å². The fraction of sp³-hybridized carbons (Fsp3) is 0.318. The molecule has 0 atom stereocenters. The minimum Gasteiger partial charge on any atom is -0.462 e. The van der Waals surface area contributed by atoms with Gasteiger partial charge in [-0.25, -0.2) is 4.79 Å². The number of esters is 1. The van der Waals surface area contributed by atoms with Crippen molar-refractivity contribution in [3.05, 3.63) is 52.5 Å². The number of Topliss-reactive ketones (excluding diaryl/α,β-unsaturated/α-hetero) is 1. The van der Waals surface area contributed by atoms with Gasteiger partial charge in [-0.1, -0.05) is 29.5 Å².